The molecule has 1 N–H and O–H groups in total. The van der Waals surface area contributed by atoms with Gasteiger partial charge in [0.05, 0.1) is 12.7 Å². The van der Waals surface area contributed by atoms with Crippen LogP contribution in [0.25, 0.3) is 11.2 Å². The Morgan fingerprint density at radius 1 is 1.25 bits per heavy atom. The van der Waals surface area contributed by atoms with E-state index < -0.39 is 17.7 Å². The van der Waals surface area contributed by atoms with E-state index in [9.17, 15) is 8.78 Å². The van der Waals surface area contributed by atoms with Crippen molar-refractivity contribution in [3.8, 4) is 0 Å². The van der Waals surface area contributed by atoms with E-state index in [2.05, 4.69) is 19.9 Å². The number of hydrogen-bond donors (Lipinski definition) is 1. The number of nitrogens with zero attached hydrogens (tertiary/aromatic N) is 3. The topological polar surface area (TPSA) is 54.0 Å². The van der Waals surface area contributed by atoms with Gasteiger partial charge in [0, 0.05) is 55.4 Å². The van der Waals surface area contributed by atoms with Crippen LogP contribution >= 0.6 is 0 Å². The molecule has 1 unspecified atom stereocenters. The van der Waals surface area contributed by atoms with Crippen LogP contribution in [0.3, 0.4) is 0 Å². The quantitative estimate of drug-likeness (QED) is 0.802. The number of benzene rings is 1. The Bertz CT molecular complexity index is 867. The maximum absolute atomic E-state index is 14.0. The van der Waals surface area contributed by atoms with E-state index in [1.807, 2.05) is 6.20 Å². The van der Waals surface area contributed by atoms with Crippen molar-refractivity contribution < 1.29 is 13.5 Å². The minimum Gasteiger partial charge on any atom is -0.371 e. The highest BCUT2D eigenvalue weighted by Crippen LogP contribution is 2.26. The summed E-state index contributed by atoms with van der Waals surface area (Å²) < 4.78 is 32.8. The van der Waals surface area contributed by atoms with Crippen molar-refractivity contribution in [2.75, 3.05) is 19.7 Å². The fraction of sp³-hybridized carbons (Fsp3) is 0.294. The molecule has 0 amide bonds. The van der Waals surface area contributed by atoms with Crippen molar-refractivity contribution in [1.29, 1.82) is 0 Å². The molecule has 0 saturated carbocycles. The van der Waals surface area contributed by atoms with E-state index in [0.29, 0.717) is 25.3 Å². The Hall–Kier alpha value is -2.38. The lowest BCUT2D eigenvalue weighted by Gasteiger charge is -2.33. The molecule has 5 nitrogen and oxygen atoms in total. The lowest BCUT2D eigenvalue weighted by Crippen LogP contribution is -2.38. The van der Waals surface area contributed by atoms with Crippen molar-refractivity contribution >= 4 is 11.2 Å². The minimum atomic E-state index is -0.582. The van der Waals surface area contributed by atoms with Crippen LogP contribution in [0.2, 0.25) is 0 Å². The molecule has 24 heavy (non-hydrogen) atoms. The van der Waals surface area contributed by atoms with Gasteiger partial charge in [-0.2, -0.15) is 0 Å². The Kier molecular flexibility index (Phi) is 3.95. The molecule has 2 aromatic heterocycles. The van der Waals surface area contributed by atoms with Crippen LogP contribution < -0.4 is 0 Å². The van der Waals surface area contributed by atoms with Gasteiger partial charge >= 0.3 is 0 Å². The van der Waals surface area contributed by atoms with Crippen LogP contribution in [0.4, 0.5) is 8.78 Å². The van der Waals surface area contributed by atoms with E-state index in [-0.39, 0.29) is 0 Å². The van der Waals surface area contributed by atoms with Gasteiger partial charge in [-0.3, -0.25) is 9.88 Å². The maximum atomic E-state index is 14.0. The number of fused-ring (bicyclic) bond motifs is 1. The van der Waals surface area contributed by atoms with Gasteiger partial charge in [0.15, 0.2) is 5.65 Å². The first-order valence-corrected chi connectivity index (χ1v) is 7.76. The average molecular weight is 330 g/mol. The fourth-order valence-electron chi connectivity index (χ4n) is 3.06. The van der Waals surface area contributed by atoms with Gasteiger partial charge in [-0.05, 0) is 6.07 Å². The molecular weight excluding hydrogens is 314 g/mol. The van der Waals surface area contributed by atoms with Crippen molar-refractivity contribution in [2.45, 2.75) is 12.6 Å². The molecule has 0 bridgehead atoms. The van der Waals surface area contributed by atoms with Gasteiger partial charge in [0.25, 0.3) is 0 Å². The lowest BCUT2D eigenvalue weighted by atomic mass is 10.1. The molecule has 1 saturated heterocycles. The summed E-state index contributed by atoms with van der Waals surface area (Å²) in [7, 11) is 0. The highest BCUT2D eigenvalue weighted by atomic mass is 19.1. The fourth-order valence-corrected chi connectivity index (χ4v) is 3.06. The molecule has 1 fully saturated rings. The molecule has 1 aliphatic heterocycles. The summed E-state index contributed by atoms with van der Waals surface area (Å²) in [6, 6.07) is 3.61. The molecule has 3 heterocycles. The molecule has 124 valence electrons. The largest absolute Gasteiger partial charge is 0.371 e. The molecule has 0 radical (unpaired) electrons. The Morgan fingerprint density at radius 2 is 2.12 bits per heavy atom. The Labute approximate surface area is 137 Å². The summed E-state index contributed by atoms with van der Waals surface area (Å²) in [6.45, 7) is 2.44. The summed E-state index contributed by atoms with van der Waals surface area (Å²) in [5.74, 6) is -1.15. The molecule has 0 aliphatic carbocycles. The first kappa shape index (κ1) is 15.2. The molecule has 0 spiro atoms. The summed E-state index contributed by atoms with van der Waals surface area (Å²) in [5.41, 5.74) is 3.02. The number of H-pyrrole nitrogens is 1. The summed E-state index contributed by atoms with van der Waals surface area (Å²) >= 11 is 0. The number of morpholine rings is 1. The van der Waals surface area contributed by atoms with Gasteiger partial charge in [-0.1, -0.05) is 6.07 Å². The normalized spacial score (nSPS) is 19.0. The van der Waals surface area contributed by atoms with Crippen molar-refractivity contribution in [3.63, 3.8) is 0 Å². The molecule has 1 aromatic carbocycles. The standard InChI is InChI=1S/C17H16F2N4O/c18-12-1-2-13(14(19)7-12)15-10-23(5-6-24-15)9-11-8-22-17-16(11)20-3-4-21-17/h1-4,7-8,15H,5-6,9-10H2,(H,21,22). The third-order valence-electron chi connectivity index (χ3n) is 4.24. The number of halogens is 2. The van der Waals surface area contributed by atoms with Crippen LogP contribution in [-0.2, 0) is 11.3 Å². The second kappa shape index (κ2) is 6.26. The zero-order valence-corrected chi connectivity index (χ0v) is 12.9. The third kappa shape index (κ3) is 2.88. The molecule has 3 aromatic rings. The van der Waals surface area contributed by atoms with Crippen LogP contribution in [0.15, 0.2) is 36.8 Å². The smallest absolute Gasteiger partial charge is 0.156 e. The number of aromatic nitrogens is 3. The first-order chi connectivity index (χ1) is 11.7. The number of ether oxygens (including phenoxy) is 1. The van der Waals surface area contributed by atoms with E-state index in [0.717, 1.165) is 29.3 Å². The SMILES string of the molecule is Fc1ccc(C2CN(Cc3c[nH]c4nccnc34)CCO2)c(F)c1. The van der Waals surface area contributed by atoms with E-state index in [1.165, 1.54) is 12.1 Å². The van der Waals surface area contributed by atoms with E-state index in [1.54, 1.807) is 12.4 Å². The van der Waals surface area contributed by atoms with Crippen molar-refractivity contribution in [3.05, 3.63) is 59.6 Å². The second-order valence-electron chi connectivity index (χ2n) is 5.83. The third-order valence-corrected chi connectivity index (χ3v) is 4.24. The van der Waals surface area contributed by atoms with Crippen molar-refractivity contribution in [1.82, 2.24) is 19.9 Å². The summed E-state index contributed by atoms with van der Waals surface area (Å²) in [4.78, 5) is 13.9. The highest BCUT2D eigenvalue weighted by Gasteiger charge is 2.25. The number of hydrogen-bond acceptors (Lipinski definition) is 4. The first-order valence-electron chi connectivity index (χ1n) is 7.76. The van der Waals surface area contributed by atoms with Crippen LogP contribution in [0, 0.1) is 11.6 Å². The lowest BCUT2D eigenvalue weighted by molar-refractivity contribution is -0.0344. The van der Waals surface area contributed by atoms with Gasteiger partial charge in [0.2, 0.25) is 0 Å². The number of aromatic amines is 1. The molecule has 1 aliphatic rings. The van der Waals surface area contributed by atoms with E-state index >= 15 is 0 Å². The predicted molar refractivity (Wildman–Crippen MR) is 84.2 cm³/mol. The van der Waals surface area contributed by atoms with Crippen molar-refractivity contribution in [2.24, 2.45) is 0 Å². The zero-order valence-electron chi connectivity index (χ0n) is 12.9. The Morgan fingerprint density at radius 3 is 3.00 bits per heavy atom. The zero-order chi connectivity index (χ0) is 16.5. The summed E-state index contributed by atoms with van der Waals surface area (Å²) in [6.07, 6.45) is 4.80. The van der Waals surface area contributed by atoms with Crippen LogP contribution in [0.5, 0.6) is 0 Å². The predicted octanol–water partition coefficient (Wildman–Crippen LogP) is 2.81. The van der Waals surface area contributed by atoms with Crippen LogP contribution in [-0.4, -0.2) is 39.5 Å². The van der Waals surface area contributed by atoms with Gasteiger partial charge in [-0.25, -0.2) is 13.8 Å². The summed E-state index contributed by atoms with van der Waals surface area (Å²) in [5, 5.41) is 0. The molecule has 1 atom stereocenters. The minimum absolute atomic E-state index is 0.389. The Balaban J connectivity index is 1.52. The number of nitrogens with one attached hydrogen (secondary N) is 1. The molecule has 7 heteroatoms. The van der Waals surface area contributed by atoms with E-state index in [4.69, 9.17) is 4.74 Å². The van der Waals surface area contributed by atoms with Gasteiger partial charge in [-0.15, -0.1) is 0 Å². The van der Waals surface area contributed by atoms with Crippen LogP contribution in [0.1, 0.15) is 17.2 Å². The van der Waals surface area contributed by atoms with Gasteiger partial charge in [0.1, 0.15) is 17.2 Å². The van der Waals surface area contributed by atoms with Gasteiger partial charge < -0.3 is 9.72 Å². The molecular formula is C17H16F2N4O. The average Bonchev–Trinajstić information content (AvgIpc) is 2.98. The molecule has 4 rings (SSSR count). The maximum Gasteiger partial charge on any atom is 0.156 e. The number of rotatable bonds is 3. The highest BCUT2D eigenvalue weighted by molar-refractivity contribution is 5.74. The second-order valence-corrected chi connectivity index (χ2v) is 5.83. The monoisotopic (exact) mass is 330 g/mol.